The average molecular weight is 377 g/mol. The van der Waals surface area contributed by atoms with Crippen LogP contribution in [0.4, 0.5) is 11.6 Å². The van der Waals surface area contributed by atoms with Crippen LogP contribution in [0, 0.1) is 5.53 Å². The van der Waals surface area contributed by atoms with Crippen LogP contribution in [-0.2, 0) is 17.8 Å². The minimum atomic E-state index is 0.235. The molecule has 4 rings (SSSR count). The Labute approximate surface area is 160 Å². The summed E-state index contributed by atoms with van der Waals surface area (Å²) in [6, 6.07) is 3.94. The van der Waals surface area contributed by atoms with E-state index in [1.165, 1.54) is 0 Å². The maximum Gasteiger partial charge on any atom is 0.216 e. The second-order valence-electron chi connectivity index (χ2n) is 6.11. The summed E-state index contributed by atoms with van der Waals surface area (Å²) in [5, 5.41) is 11.0. The molecule has 0 bridgehead atoms. The van der Waals surface area contributed by atoms with Gasteiger partial charge in [0.15, 0.2) is 5.82 Å². The van der Waals surface area contributed by atoms with Gasteiger partial charge < -0.3 is 14.5 Å². The van der Waals surface area contributed by atoms with E-state index in [2.05, 4.69) is 30.5 Å². The number of fused-ring (bicyclic) bond motifs is 1. The molecule has 0 radical (unpaired) electrons. The third-order valence-electron chi connectivity index (χ3n) is 4.22. The summed E-state index contributed by atoms with van der Waals surface area (Å²) in [5.41, 5.74) is 10.8. The van der Waals surface area contributed by atoms with Gasteiger partial charge >= 0.3 is 0 Å². The van der Waals surface area contributed by atoms with Gasteiger partial charge in [-0.25, -0.2) is 20.5 Å². The van der Waals surface area contributed by atoms with E-state index in [4.69, 9.17) is 10.3 Å². The lowest BCUT2D eigenvalue weighted by Gasteiger charge is -2.09. The van der Waals surface area contributed by atoms with Gasteiger partial charge in [-0.3, -0.25) is 4.68 Å². The molecule has 0 aromatic carbocycles. The van der Waals surface area contributed by atoms with Crippen LogP contribution in [0.1, 0.15) is 5.56 Å². The van der Waals surface area contributed by atoms with Crippen LogP contribution < -0.4 is 5.32 Å². The molecule has 0 fully saturated rings. The second kappa shape index (κ2) is 7.92. The Bertz CT molecular complexity index is 1100. The predicted octanol–water partition coefficient (Wildman–Crippen LogP) is 2.91. The van der Waals surface area contributed by atoms with Crippen molar-refractivity contribution in [3.8, 4) is 11.3 Å². The number of ether oxygens (including phenoxy) is 1. The minimum absolute atomic E-state index is 0.235. The van der Waals surface area contributed by atoms with Crippen molar-refractivity contribution in [1.82, 2.24) is 29.1 Å². The SMILES string of the molecule is COCCn1cc(-c2cnc(N=N)c(NCc3ccc4nccn4c3)n2)cn1. The van der Waals surface area contributed by atoms with Crippen LogP contribution >= 0.6 is 0 Å². The molecule has 28 heavy (non-hydrogen) atoms. The van der Waals surface area contributed by atoms with Crippen LogP contribution in [0.25, 0.3) is 16.9 Å². The molecule has 2 N–H and O–H groups in total. The Kier molecular flexibility index (Phi) is 5.02. The van der Waals surface area contributed by atoms with Crippen LogP contribution in [0.15, 0.2) is 54.4 Å². The molecule has 10 nitrogen and oxygen atoms in total. The number of pyridine rings is 1. The molecule has 0 aliphatic carbocycles. The first-order valence-electron chi connectivity index (χ1n) is 8.68. The molecule has 0 aliphatic rings. The van der Waals surface area contributed by atoms with Crippen molar-refractivity contribution in [2.24, 2.45) is 5.11 Å². The molecule has 4 aromatic heterocycles. The number of nitrogens with zero attached hydrogens (tertiary/aromatic N) is 7. The number of aromatic nitrogens is 6. The maximum atomic E-state index is 7.35. The molecular weight excluding hydrogens is 358 g/mol. The standard InChI is InChI=1S/C18H19N9O/c1-28-7-6-27-12-14(9-23-27)15-10-22-18(25-19)17(24-15)21-8-13-2-3-16-20-4-5-26(16)11-13/h2-5,9-12,19H,6-8H2,1H3,(H,21,24). The second-order valence-corrected chi connectivity index (χ2v) is 6.11. The monoisotopic (exact) mass is 377 g/mol. The highest BCUT2D eigenvalue weighted by molar-refractivity contribution is 5.63. The fourth-order valence-electron chi connectivity index (χ4n) is 2.78. The molecule has 0 aliphatic heterocycles. The van der Waals surface area contributed by atoms with Gasteiger partial charge in [0.05, 0.1) is 31.2 Å². The van der Waals surface area contributed by atoms with Crippen LogP contribution in [0.5, 0.6) is 0 Å². The Morgan fingerprint density at radius 1 is 1.21 bits per heavy atom. The number of hydrogen-bond donors (Lipinski definition) is 2. The molecule has 4 aromatic rings. The van der Waals surface area contributed by atoms with Crippen LogP contribution in [0.3, 0.4) is 0 Å². The van der Waals surface area contributed by atoms with Gasteiger partial charge in [0.1, 0.15) is 5.65 Å². The number of nitrogens with one attached hydrogen (secondary N) is 2. The van der Waals surface area contributed by atoms with Crippen LogP contribution in [0.2, 0.25) is 0 Å². The number of rotatable bonds is 8. The molecule has 4 heterocycles. The first-order valence-corrected chi connectivity index (χ1v) is 8.68. The highest BCUT2D eigenvalue weighted by Gasteiger charge is 2.10. The Balaban J connectivity index is 1.54. The van der Waals surface area contributed by atoms with Gasteiger partial charge in [-0.05, 0) is 11.6 Å². The number of anilines is 1. The van der Waals surface area contributed by atoms with Crippen molar-refractivity contribution in [3.63, 3.8) is 0 Å². The van der Waals surface area contributed by atoms with Crippen molar-refractivity contribution in [2.75, 3.05) is 19.0 Å². The molecule has 142 valence electrons. The molecule has 10 heteroatoms. The van der Waals surface area contributed by atoms with Gasteiger partial charge in [-0.15, -0.1) is 5.11 Å². The molecule has 0 saturated carbocycles. The highest BCUT2D eigenvalue weighted by Crippen LogP contribution is 2.25. The molecule has 0 unspecified atom stereocenters. The lowest BCUT2D eigenvalue weighted by Crippen LogP contribution is -2.04. The zero-order chi connectivity index (χ0) is 19.3. The molecule has 0 amide bonds. The molecule has 0 spiro atoms. The number of hydrogen-bond acceptors (Lipinski definition) is 8. The fraction of sp³-hybridized carbons (Fsp3) is 0.222. The zero-order valence-electron chi connectivity index (χ0n) is 15.3. The minimum Gasteiger partial charge on any atom is -0.383 e. The van der Waals surface area contributed by atoms with Gasteiger partial charge in [0, 0.05) is 44.0 Å². The normalized spacial score (nSPS) is 11.0. The summed E-state index contributed by atoms with van der Waals surface area (Å²) >= 11 is 0. The third kappa shape index (κ3) is 3.71. The van der Waals surface area contributed by atoms with Crippen LogP contribution in [-0.4, -0.2) is 42.8 Å². The van der Waals surface area contributed by atoms with Crippen molar-refractivity contribution in [2.45, 2.75) is 13.1 Å². The van der Waals surface area contributed by atoms with E-state index in [0.29, 0.717) is 31.2 Å². The lowest BCUT2D eigenvalue weighted by molar-refractivity contribution is 0.183. The van der Waals surface area contributed by atoms with Gasteiger partial charge in [0.2, 0.25) is 5.82 Å². The number of imidazole rings is 1. The van der Waals surface area contributed by atoms with E-state index < -0.39 is 0 Å². The van der Waals surface area contributed by atoms with E-state index in [0.717, 1.165) is 16.8 Å². The van der Waals surface area contributed by atoms with Gasteiger partial charge in [0.25, 0.3) is 0 Å². The molecule has 0 atom stereocenters. The van der Waals surface area contributed by atoms with E-state index in [1.807, 2.05) is 35.1 Å². The summed E-state index contributed by atoms with van der Waals surface area (Å²) in [6.07, 6.45) is 10.8. The first kappa shape index (κ1) is 17.7. The summed E-state index contributed by atoms with van der Waals surface area (Å²) in [4.78, 5) is 13.1. The Morgan fingerprint density at radius 2 is 2.14 bits per heavy atom. The van der Waals surface area contributed by atoms with Crippen molar-refractivity contribution in [3.05, 3.63) is 54.9 Å². The molecular formula is C18H19N9O. The number of methoxy groups -OCH3 is 1. The van der Waals surface area contributed by atoms with Crippen molar-refractivity contribution in [1.29, 1.82) is 5.53 Å². The van der Waals surface area contributed by atoms with E-state index in [1.54, 1.807) is 30.4 Å². The quantitative estimate of drug-likeness (QED) is 0.456. The Hall–Kier alpha value is -3.66. The maximum absolute atomic E-state index is 7.35. The molecule has 0 saturated heterocycles. The lowest BCUT2D eigenvalue weighted by atomic mass is 10.2. The summed E-state index contributed by atoms with van der Waals surface area (Å²) in [6.45, 7) is 1.76. The average Bonchev–Trinajstić information content (AvgIpc) is 3.39. The largest absolute Gasteiger partial charge is 0.383 e. The predicted molar refractivity (Wildman–Crippen MR) is 102 cm³/mol. The summed E-state index contributed by atoms with van der Waals surface area (Å²) in [5.74, 6) is 0.683. The fourth-order valence-corrected chi connectivity index (χ4v) is 2.78. The van der Waals surface area contributed by atoms with Gasteiger partial charge in [-0.1, -0.05) is 6.07 Å². The summed E-state index contributed by atoms with van der Waals surface area (Å²) < 4.78 is 8.80. The van der Waals surface area contributed by atoms with Gasteiger partial charge in [-0.2, -0.15) is 5.10 Å². The zero-order valence-corrected chi connectivity index (χ0v) is 15.3. The van der Waals surface area contributed by atoms with E-state index >= 15 is 0 Å². The van der Waals surface area contributed by atoms with Crippen molar-refractivity contribution < 1.29 is 4.74 Å². The first-order chi connectivity index (χ1) is 13.8. The topological polar surface area (TPSA) is 118 Å². The smallest absolute Gasteiger partial charge is 0.216 e. The Morgan fingerprint density at radius 3 is 3.00 bits per heavy atom. The van der Waals surface area contributed by atoms with E-state index in [9.17, 15) is 0 Å². The van der Waals surface area contributed by atoms with E-state index in [-0.39, 0.29) is 5.82 Å². The highest BCUT2D eigenvalue weighted by atomic mass is 16.5. The third-order valence-corrected chi connectivity index (χ3v) is 4.22. The summed E-state index contributed by atoms with van der Waals surface area (Å²) in [7, 11) is 1.65. The van der Waals surface area contributed by atoms with Crippen molar-refractivity contribution >= 4 is 17.3 Å².